The molecule has 0 aromatic heterocycles. The Bertz CT molecular complexity index is 135. The van der Waals surface area contributed by atoms with Gasteiger partial charge in [0.1, 0.15) is 0 Å². The van der Waals surface area contributed by atoms with Gasteiger partial charge in [-0.15, -0.1) is 6.42 Å². The lowest BCUT2D eigenvalue weighted by atomic mass is 10.3. The molecule has 70 valence electrons. The van der Waals surface area contributed by atoms with Crippen molar-refractivity contribution >= 4 is 0 Å². The minimum atomic E-state index is 0.637. The van der Waals surface area contributed by atoms with E-state index in [0.717, 1.165) is 19.5 Å². The third kappa shape index (κ3) is 6.21. The third-order valence-electron chi connectivity index (χ3n) is 1.97. The maximum Gasteiger partial charge on any atom is 0.0573 e. The van der Waals surface area contributed by atoms with Gasteiger partial charge in [-0.1, -0.05) is 5.92 Å². The summed E-state index contributed by atoms with van der Waals surface area (Å²) in [6.07, 6.45) is 6.26. The van der Waals surface area contributed by atoms with E-state index >= 15 is 0 Å². The molecular formula is C10H20N2. The number of hydrogen-bond acceptors (Lipinski definition) is 2. The van der Waals surface area contributed by atoms with Gasteiger partial charge >= 0.3 is 0 Å². The summed E-state index contributed by atoms with van der Waals surface area (Å²) in [7, 11) is 2.14. The highest BCUT2D eigenvalue weighted by Crippen LogP contribution is 1.93. The Balaban J connectivity index is 3.15. The average molecular weight is 168 g/mol. The first kappa shape index (κ1) is 11.5. The highest BCUT2D eigenvalue weighted by molar-refractivity contribution is 4.86. The number of nitrogens with one attached hydrogen (secondary N) is 1. The van der Waals surface area contributed by atoms with Crippen molar-refractivity contribution in [3.8, 4) is 12.3 Å². The van der Waals surface area contributed by atoms with Crippen LogP contribution in [0.2, 0.25) is 0 Å². The molecule has 0 unspecified atom stereocenters. The zero-order chi connectivity index (χ0) is 9.40. The maximum atomic E-state index is 5.10. The third-order valence-corrected chi connectivity index (χ3v) is 1.97. The first-order valence-electron chi connectivity index (χ1n) is 4.53. The fourth-order valence-electron chi connectivity index (χ4n) is 0.872. The lowest BCUT2D eigenvalue weighted by Gasteiger charge is -2.20. The molecule has 2 heteroatoms. The Hall–Kier alpha value is -0.520. The predicted octanol–water partition coefficient (Wildman–Crippen LogP) is 0.940. The summed E-state index contributed by atoms with van der Waals surface area (Å²) in [6, 6.07) is 0.637. The second kappa shape index (κ2) is 7.15. The summed E-state index contributed by atoms with van der Waals surface area (Å²) in [6.45, 7) is 7.24. The van der Waals surface area contributed by atoms with Crippen LogP contribution in [0.25, 0.3) is 0 Å². The van der Waals surface area contributed by atoms with Gasteiger partial charge in [-0.25, -0.2) is 0 Å². The van der Waals surface area contributed by atoms with E-state index in [9.17, 15) is 0 Å². The van der Waals surface area contributed by atoms with E-state index in [4.69, 9.17) is 6.42 Å². The van der Waals surface area contributed by atoms with Crippen LogP contribution in [0.4, 0.5) is 0 Å². The van der Waals surface area contributed by atoms with Gasteiger partial charge in [-0.05, 0) is 40.4 Å². The molecule has 0 atom stereocenters. The molecule has 0 heterocycles. The smallest absolute Gasteiger partial charge is 0.0573 e. The Morgan fingerprint density at radius 1 is 1.50 bits per heavy atom. The van der Waals surface area contributed by atoms with Crippen LogP contribution >= 0.6 is 0 Å². The van der Waals surface area contributed by atoms with Crippen molar-refractivity contribution < 1.29 is 0 Å². The van der Waals surface area contributed by atoms with E-state index in [1.54, 1.807) is 0 Å². The molecule has 0 bridgehead atoms. The average Bonchev–Trinajstić information content (AvgIpc) is 2.03. The Kier molecular flexibility index (Phi) is 6.84. The molecule has 12 heavy (non-hydrogen) atoms. The van der Waals surface area contributed by atoms with Crippen LogP contribution in [0.1, 0.15) is 20.3 Å². The van der Waals surface area contributed by atoms with Gasteiger partial charge in [0.15, 0.2) is 0 Å². The van der Waals surface area contributed by atoms with Crippen LogP contribution in [0.5, 0.6) is 0 Å². The highest BCUT2D eigenvalue weighted by atomic mass is 15.1. The number of terminal acetylenes is 1. The van der Waals surface area contributed by atoms with Crippen molar-refractivity contribution in [2.45, 2.75) is 26.3 Å². The molecule has 2 nitrogen and oxygen atoms in total. The summed E-state index contributed by atoms with van der Waals surface area (Å²) in [5.41, 5.74) is 0. The normalized spacial score (nSPS) is 10.7. The van der Waals surface area contributed by atoms with E-state index in [0.29, 0.717) is 12.6 Å². The van der Waals surface area contributed by atoms with Crippen LogP contribution in [0.3, 0.4) is 0 Å². The molecule has 0 aliphatic heterocycles. The number of nitrogens with zero attached hydrogens (tertiary/aromatic N) is 1. The quantitative estimate of drug-likeness (QED) is 0.469. The molecule has 0 aliphatic rings. The zero-order valence-corrected chi connectivity index (χ0v) is 8.43. The van der Waals surface area contributed by atoms with Crippen molar-refractivity contribution in [3.63, 3.8) is 0 Å². The highest BCUT2D eigenvalue weighted by Gasteiger charge is 2.00. The maximum absolute atomic E-state index is 5.10. The second-order valence-electron chi connectivity index (χ2n) is 3.31. The summed E-state index contributed by atoms with van der Waals surface area (Å²) in [4.78, 5) is 2.33. The first-order valence-corrected chi connectivity index (χ1v) is 4.53. The summed E-state index contributed by atoms with van der Waals surface area (Å²) < 4.78 is 0. The molecule has 0 rings (SSSR count). The van der Waals surface area contributed by atoms with E-state index in [-0.39, 0.29) is 0 Å². The van der Waals surface area contributed by atoms with Crippen LogP contribution in [0, 0.1) is 12.3 Å². The van der Waals surface area contributed by atoms with Gasteiger partial charge in [-0.2, -0.15) is 0 Å². The summed E-state index contributed by atoms with van der Waals surface area (Å²) in [5.74, 6) is 2.55. The molecule has 0 saturated heterocycles. The molecule has 0 aromatic carbocycles. The van der Waals surface area contributed by atoms with E-state index in [1.165, 1.54) is 0 Å². The van der Waals surface area contributed by atoms with Crippen molar-refractivity contribution in [2.24, 2.45) is 0 Å². The second-order valence-corrected chi connectivity index (χ2v) is 3.31. The van der Waals surface area contributed by atoms with Crippen LogP contribution < -0.4 is 5.32 Å². The van der Waals surface area contributed by atoms with Gasteiger partial charge < -0.3 is 10.2 Å². The van der Waals surface area contributed by atoms with Gasteiger partial charge in [0.2, 0.25) is 0 Å². The SMILES string of the molecule is C#CCNCCCN(C)C(C)C. The molecular weight excluding hydrogens is 148 g/mol. The molecule has 0 aliphatic carbocycles. The van der Waals surface area contributed by atoms with Gasteiger partial charge in [0.05, 0.1) is 6.54 Å². The zero-order valence-electron chi connectivity index (χ0n) is 8.43. The minimum absolute atomic E-state index is 0.637. The van der Waals surface area contributed by atoms with Crippen LogP contribution in [-0.4, -0.2) is 37.6 Å². The lowest BCUT2D eigenvalue weighted by molar-refractivity contribution is 0.270. The number of hydrogen-bond donors (Lipinski definition) is 1. The van der Waals surface area contributed by atoms with E-state index in [1.807, 2.05) is 0 Å². The minimum Gasteiger partial charge on any atom is -0.306 e. The Labute approximate surface area is 76.3 Å². The predicted molar refractivity (Wildman–Crippen MR) is 54.1 cm³/mol. The largest absolute Gasteiger partial charge is 0.306 e. The summed E-state index contributed by atoms with van der Waals surface area (Å²) >= 11 is 0. The lowest BCUT2D eigenvalue weighted by Crippen LogP contribution is -2.29. The van der Waals surface area contributed by atoms with Gasteiger partial charge in [0.25, 0.3) is 0 Å². The Morgan fingerprint density at radius 2 is 2.17 bits per heavy atom. The monoisotopic (exact) mass is 168 g/mol. The van der Waals surface area contributed by atoms with Crippen molar-refractivity contribution in [2.75, 3.05) is 26.7 Å². The number of rotatable bonds is 6. The molecule has 0 radical (unpaired) electrons. The van der Waals surface area contributed by atoms with Crippen LogP contribution in [-0.2, 0) is 0 Å². The first-order chi connectivity index (χ1) is 5.68. The van der Waals surface area contributed by atoms with Crippen LogP contribution in [0.15, 0.2) is 0 Å². The van der Waals surface area contributed by atoms with Crippen molar-refractivity contribution in [1.29, 1.82) is 0 Å². The molecule has 0 amide bonds. The van der Waals surface area contributed by atoms with Gasteiger partial charge in [0, 0.05) is 6.04 Å². The Morgan fingerprint density at radius 3 is 2.67 bits per heavy atom. The topological polar surface area (TPSA) is 15.3 Å². The fourth-order valence-corrected chi connectivity index (χ4v) is 0.872. The van der Waals surface area contributed by atoms with E-state index in [2.05, 4.69) is 37.0 Å². The van der Waals surface area contributed by atoms with Crippen molar-refractivity contribution in [3.05, 3.63) is 0 Å². The summed E-state index contributed by atoms with van der Waals surface area (Å²) in [5, 5.41) is 3.17. The molecule has 0 saturated carbocycles. The fraction of sp³-hybridized carbons (Fsp3) is 0.800. The molecule has 1 N–H and O–H groups in total. The van der Waals surface area contributed by atoms with Gasteiger partial charge in [-0.3, -0.25) is 0 Å². The standard InChI is InChI=1S/C10H20N2/c1-5-7-11-8-6-9-12(4)10(2)3/h1,10-11H,6-9H2,2-4H3. The molecule has 0 spiro atoms. The van der Waals surface area contributed by atoms with Crippen molar-refractivity contribution in [1.82, 2.24) is 10.2 Å². The molecule has 0 aromatic rings. The van der Waals surface area contributed by atoms with E-state index < -0.39 is 0 Å². The molecule has 0 fully saturated rings.